The van der Waals surface area contributed by atoms with Crippen LogP contribution in [0.2, 0.25) is 5.02 Å². The quantitative estimate of drug-likeness (QED) is 0.765. The molecule has 2 nitrogen and oxygen atoms in total. The first-order valence-electron chi connectivity index (χ1n) is 4.53. The van der Waals surface area contributed by atoms with E-state index in [2.05, 4.69) is 6.92 Å². The SMILES string of the molecule is CCC(C)Oc1ccc(C#N)c(Cl)c1. The number of nitriles is 1. The Morgan fingerprint density at radius 3 is 2.79 bits per heavy atom. The maximum Gasteiger partial charge on any atom is 0.121 e. The maximum atomic E-state index is 8.66. The first-order chi connectivity index (χ1) is 6.67. The molecule has 74 valence electrons. The Hall–Kier alpha value is -1.20. The van der Waals surface area contributed by atoms with Gasteiger partial charge < -0.3 is 4.74 Å². The number of rotatable bonds is 3. The third-order valence-corrected chi connectivity index (χ3v) is 2.29. The van der Waals surface area contributed by atoms with Crippen LogP contribution in [0.25, 0.3) is 0 Å². The molecular formula is C11H12ClNO. The molecule has 0 N–H and O–H groups in total. The third kappa shape index (κ3) is 2.65. The van der Waals surface area contributed by atoms with Crippen LogP contribution in [-0.4, -0.2) is 6.10 Å². The van der Waals surface area contributed by atoms with Gasteiger partial charge >= 0.3 is 0 Å². The minimum absolute atomic E-state index is 0.166. The number of hydrogen-bond donors (Lipinski definition) is 0. The Labute approximate surface area is 89.1 Å². The van der Waals surface area contributed by atoms with E-state index in [9.17, 15) is 0 Å². The lowest BCUT2D eigenvalue weighted by atomic mass is 10.2. The largest absolute Gasteiger partial charge is 0.491 e. The summed E-state index contributed by atoms with van der Waals surface area (Å²) in [6, 6.07) is 7.10. The van der Waals surface area contributed by atoms with Crippen LogP contribution in [-0.2, 0) is 0 Å². The van der Waals surface area contributed by atoms with E-state index in [1.54, 1.807) is 18.2 Å². The molecule has 0 saturated heterocycles. The van der Waals surface area contributed by atoms with E-state index in [1.807, 2.05) is 13.0 Å². The zero-order chi connectivity index (χ0) is 10.6. The Morgan fingerprint density at radius 2 is 2.29 bits per heavy atom. The van der Waals surface area contributed by atoms with Gasteiger partial charge in [-0.3, -0.25) is 0 Å². The molecule has 0 amide bonds. The Balaban J connectivity index is 2.82. The van der Waals surface area contributed by atoms with Crippen molar-refractivity contribution in [1.82, 2.24) is 0 Å². The van der Waals surface area contributed by atoms with Gasteiger partial charge in [0.05, 0.1) is 16.7 Å². The minimum atomic E-state index is 0.166. The van der Waals surface area contributed by atoms with E-state index in [1.165, 1.54) is 0 Å². The van der Waals surface area contributed by atoms with Crippen molar-refractivity contribution >= 4 is 11.6 Å². The van der Waals surface area contributed by atoms with Gasteiger partial charge in [0, 0.05) is 6.07 Å². The summed E-state index contributed by atoms with van der Waals surface area (Å²) >= 11 is 5.85. The number of ether oxygens (including phenoxy) is 1. The summed E-state index contributed by atoms with van der Waals surface area (Å²) in [6.07, 6.45) is 1.11. The first kappa shape index (κ1) is 10.9. The molecule has 0 heterocycles. The van der Waals surface area contributed by atoms with Gasteiger partial charge in [-0.1, -0.05) is 18.5 Å². The van der Waals surface area contributed by atoms with E-state index in [0.29, 0.717) is 16.3 Å². The molecule has 0 bridgehead atoms. The van der Waals surface area contributed by atoms with Crippen LogP contribution in [0.15, 0.2) is 18.2 Å². The van der Waals surface area contributed by atoms with Gasteiger partial charge in [0.15, 0.2) is 0 Å². The summed E-state index contributed by atoms with van der Waals surface area (Å²) in [5, 5.41) is 9.10. The summed E-state index contributed by atoms with van der Waals surface area (Å²) in [7, 11) is 0. The smallest absolute Gasteiger partial charge is 0.121 e. The molecule has 1 rings (SSSR count). The molecule has 14 heavy (non-hydrogen) atoms. The lowest BCUT2D eigenvalue weighted by Crippen LogP contribution is -2.09. The molecule has 1 aromatic carbocycles. The lowest BCUT2D eigenvalue weighted by Gasteiger charge is -2.12. The maximum absolute atomic E-state index is 8.66. The molecule has 0 aliphatic carbocycles. The Bertz CT molecular complexity index is 357. The normalized spacial score (nSPS) is 11.9. The highest BCUT2D eigenvalue weighted by atomic mass is 35.5. The molecule has 1 aromatic rings. The zero-order valence-electron chi connectivity index (χ0n) is 8.25. The van der Waals surface area contributed by atoms with Crippen molar-refractivity contribution in [3.05, 3.63) is 28.8 Å². The first-order valence-corrected chi connectivity index (χ1v) is 4.91. The van der Waals surface area contributed by atoms with Crippen LogP contribution in [0.1, 0.15) is 25.8 Å². The topological polar surface area (TPSA) is 33.0 Å². The fourth-order valence-electron chi connectivity index (χ4n) is 0.975. The number of hydrogen-bond acceptors (Lipinski definition) is 2. The zero-order valence-corrected chi connectivity index (χ0v) is 9.01. The molecule has 3 heteroatoms. The summed E-state index contributed by atoms with van der Waals surface area (Å²) < 4.78 is 5.55. The minimum Gasteiger partial charge on any atom is -0.491 e. The van der Waals surface area contributed by atoms with Crippen LogP contribution in [0.4, 0.5) is 0 Å². The second-order valence-corrected chi connectivity index (χ2v) is 3.50. The monoisotopic (exact) mass is 209 g/mol. The predicted octanol–water partition coefficient (Wildman–Crippen LogP) is 3.39. The van der Waals surface area contributed by atoms with Crippen molar-refractivity contribution in [2.24, 2.45) is 0 Å². The van der Waals surface area contributed by atoms with Crippen LogP contribution < -0.4 is 4.74 Å². The van der Waals surface area contributed by atoms with Crippen molar-refractivity contribution in [2.75, 3.05) is 0 Å². The van der Waals surface area contributed by atoms with Gasteiger partial charge in [0.25, 0.3) is 0 Å². The highest BCUT2D eigenvalue weighted by molar-refractivity contribution is 6.31. The van der Waals surface area contributed by atoms with Crippen molar-refractivity contribution in [3.63, 3.8) is 0 Å². The average Bonchev–Trinajstić information content (AvgIpc) is 2.18. The van der Waals surface area contributed by atoms with Gasteiger partial charge in [-0.15, -0.1) is 0 Å². The molecule has 0 aliphatic heterocycles. The fraction of sp³-hybridized carbons (Fsp3) is 0.364. The van der Waals surface area contributed by atoms with E-state index in [0.717, 1.165) is 6.42 Å². The molecular weight excluding hydrogens is 198 g/mol. The number of benzene rings is 1. The standard InChI is InChI=1S/C11H12ClNO/c1-3-8(2)14-10-5-4-9(7-13)11(12)6-10/h4-6,8H,3H2,1-2H3. The van der Waals surface area contributed by atoms with E-state index in [-0.39, 0.29) is 6.10 Å². The summed E-state index contributed by atoms with van der Waals surface area (Å²) in [4.78, 5) is 0. The van der Waals surface area contributed by atoms with E-state index < -0.39 is 0 Å². The van der Waals surface area contributed by atoms with E-state index >= 15 is 0 Å². The Morgan fingerprint density at radius 1 is 1.57 bits per heavy atom. The molecule has 1 atom stereocenters. The van der Waals surface area contributed by atoms with Crippen molar-refractivity contribution in [3.8, 4) is 11.8 Å². The second kappa shape index (κ2) is 4.88. The summed E-state index contributed by atoms with van der Waals surface area (Å²) in [5.74, 6) is 0.711. The van der Waals surface area contributed by atoms with E-state index in [4.69, 9.17) is 21.6 Å². The number of nitrogens with zero attached hydrogens (tertiary/aromatic N) is 1. The van der Waals surface area contributed by atoms with Gasteiger partial charge in [-0.25, -0.2) is 0 Å². The summed E-state index contributed by atoms with van der Waals surface area (Å²) in [5.41, 5.74) is 0.475. The van der Waals surface area contributed by atoms with Gasteiger partial charge in [-0.2, -0.15) is 5.26 Å². The van der Waals surface area contributed by atoms with Gasteiger partial charge in [0.2, 0.25) is 0 Å². The van der Waals surface area contributed by atoms with Gasteiger partial charge in [-0.05, 0) is 25.5 Å². The lowest BCUT2D eigenvalue weighted by molar-refractivity contribution is 0.217. The van der Waals surface area contributed by atoms with Crippen molar-refractivity contribution < 1.29 is 4.74 Å². The predicted molar refractivity (Wildman–Crippen MR) is 56.5 cm³/mol. The molecule has 0 spiro atoms. The molecule has 0 aromatic heterocycles. The third-order valence-electron chi connectivity index (χ3n) is 1.97. The highest BCUT2D eigenvalue weighted by Gasteiger charge is 2.04. The summed E-state index contributed by atoms with van der Waals surface area (Å²) in [6.45, 7) is 4.04. The molecule has 0 aliphatic rings. The molecule has 0 fully saturated rings. The molecule has 0 radical (unpaired) electrons. The van der Waals surface area contributed by atoms with Crippen LogP contribution in [0.5, 0.6) is 5.75 Å². The molecule has 1 unspecified atom stereocenters. The average molecular weight is 210 g/mol. The van der Waals surface area contributed by atoms with Crippen molar-refractivity contribution in [2.45, 2.75) is 26.4 Å². The molecule has 0 saturated carbocycles. The Kier molecular flexibility index (Phi) is 3.79. The van der Waals surface area contributed by atoms with Crippen molar-refractivity contribution in [1.29, 1.82) is 5.26 Å². The second-order valence-electron chi connectivity index (χ2n) is 3.09. The van der Waals surface area contributed by atoms with Crippen LogP contribution in [0, 0.1) is 11.3 Å². The van der Waals surface area contributed by atoms with Gasteiger partial charge in [0.1, 0.15) is 11.8 Å². The van der Waals surface area contributed by atoms with Crippen LogP contribution >= 0.6 is 11.6 Å². The fourth-order valence-corrected chi connectivity index (χ4v) is 1.19. The van der Waals surface area contributed by atoms with Crippen LogP contribution in [0.3, 0.4) is 0 Å². The highest BCUT2D eigenvalue weighted by Crippen LogP contribution is 2.22. The number of halogens is 1.